The van der Waals surface area contributed by atoms with E-state index < -0.39 is 5.54 Å². The molecular weight excluding hydrogens is 440 g/mol. The summed E-state index contributed by atoms with van der Waals surface area (Å²) >= 11 is 1.12. The van der Waals surface area contributed by atoms with Crippen LogP contribution in [0.2, 0.25) is 0 Å². The van der Waals surface area contributed by atoms with E-state index in [0.717, 1.165) is 11.8 Å². The SMILES string of the molecule is COc1ccc(-n2c(SCC(=O)N[C@@](C)(C#N)C(C)C)nc3ccccc3c2=O)cc1OC. The minimum atomic E-state index is -0.989. The molecule has 0 radical (unpaired) electrons. The Hall–Kier alpha value is -3.51. The van der Waals surface area contributed by atoms with Crippen LogP contribution >= 0.6 is 11.8 Å². The highest BCUT2D eigenvalue weighted by molar-refractivity contribution is 7.99. The molecule has 0 aliphatic rings. The van der Waals surface area contributed by atoms with Crippen LogP contribution in [0.3, 0.4) is 0 Å². The van der Waals surface area contributed by atoms with Crippen molar-refractivity contribution >= 4 is 28.6 Å². The van der Waals surface area contributed by atoms with Crippen LogP contribution in [-0.4, -0.2) is 41.0 Å². The van der Waals surface area contributed by atoms with E-state index in [1.165, 1.54) is 18.8 Å². The average molecular weight is 467 g/mol. The fourth-order valence-electron chi connectivity index (χ4n) is 3.16. The number of fused-ring (bicyclic) bond motifs is 1. The molecule has 3 aromatic rings. The van der Waals surface area contributed by atoms with Crippen molar-refractivity contribution in [1.82, 2.24) is 14.9 Å². The van der Waals surface area contributed by atoms with Crippen LogP contribution in [0.25, 0.3) is 16.6 Å². The summed E-state index contributed by atoms with van der Waals surface area (Å²) in [5.41, 5.74) is -0.189. The molecule has 1 N–H and O–H groups in total. The van der Waals surface area contributed by atoms with E-state index in [4.69, 9.17) is 9.47 Å². The Morgan fingerprint density at radius 1 is 1.21 bits per heavy atom. The average Bonchev–Trinajstić information content (AvgIpc) is 2.82. The van der Waals surface area contributed by atoms with Crippen LogP contribution < -0.4 is 20.3 Å². The maximum absolute atomic E-state index is 13.4. The highest BCUT2D eigenvalue weighted by Gasteiger charge is 2.30. The largest absolute Gasteiger partial charge is 0.493 e. The van der Waals surface area contributed by atoms with Crippen molar-refractivity contribution < 1.29 is 14.3 Å². The Morgan fingerprint density at radius 2 is 1.91 bits per heavy atom. The predicted octanol–water partition coefficient (Wildman–Crippen LogP) is 3.55. The van der Waals surface area contributed by atoms with E-state index in [1.54, 1.807) is 49.4 Å². The van der Waals surface area contributed by atoms with Gasteiger partial charge in [0.15, 0.2) is 16.7 Å². The van der Waals surface area contributed by atoms with Gasteiger partial charge in [0.1, 0.15) is 5.54 Å². The van der Waals surface area contributed by atoms with Gasteiger partial charge in [0.05, 0.1) is 42.6 Å². The molecule has 0 aliphatic heterocycles. The van der Waals surface area contributed by atoms with Crippen molar-refractivity contribution in [1.29, 1.82) is 5.26 Å². The first-order valence-corrected chi connectivity index (χ1v) is 11.3. The van der Waals surface area contributed by atoms with E-state index in [-0.39, 0.29) is 23.1 Å². The Bertz CT molecular complexity index is 1280. The number of amides is 1. The maximum Gasteiger partial charge on any atom is 0.266 e. The molecule has 172 valence electrons. The van der Waals surface area contributed by atoms with Gasteiger partial charge in [0, 0.05) is 6.07 Å². The van der Waals surface area contributed by atoms with Crippen molar-refractivity contribution in [2.75, 3.05) is 20.0 Å². The summed E-state index contributed by atoms with van der Waals surface area (Å²) in [5, 5.41) is 13.1. The molecule has 0 unspecified atom stereocenters. The topological polar surface area (TPSA) is 106 Å². The Kier molecular flexibility index (Phi) is 7.29. The Balaban J connectivity index is 2.04. The number of nitriles is 1. The van der Waals surface area contributed by atoms with Gasteiger partial charge in [0.25, 0.3) is 5.56 Å². The maximum atomic E-state index is 13.4. The van der Waals surface area contributed by atoms with Crippen LogP contribution in [0.5, 0.6) is 11.5 Å². The second-order valence-corrected chi connectivity index (χ2v) is 8.84. The first-order valence-electron chi connectivity index (χ1n) is 10.3. The molecule has 1 atom stereocenters. The van der Waals surface area contributed by atoms with E-state index >= 15 is 0 Å². The minimum absolute atomic E-state index is 0.0118. The Labute approximate surface area is 196 Å². The summed E-state index contributed by atoms with van der Waals surface area (Å²) in [7, 11) is 3.05. The van der Waals surface area contributed by atoms with Crippen molar-refractivity contribution in [3.8, 4) is 23.3 Å². The third-order valence-electron chi connectivity index (χ3n) is 5.49. The van der Waals surface area contributed by atoms with Crippen molar-refractivity contribution in [2.45, 2.75) is 31.5 Å². The number of hydrogen-bond acceptors (Lipinski definition) is 7. The number of benzene rings is 2. The number of thioether (sulfide) groups is 1. The molecule has 0 saturated heterocycles. The van der Waals surface area contributed by atoms with Crippen LogP contribution in [0.4, 0.5) is 0 Å². The summed E-state index contributed by atoms with van der Waals surface area (Å²) in [6.45, 7) is 5.43. The van der Waals surface area contributed by atoms with Crippen LogP contribution in [-0.2, 0) is 4.79 Å². The molecule has 2 aromatic carbocycles. The third kappa shape index (κ3) is 4.96. The van der Waals surface area contributed by atoms with Crippen LogP contribution in [0.15, 0.2) is 52.4 Å². The summed E-state index contributed by atoms with van der Waals surface area (Å²) in [6, 6.07) is 14.3. The lowest BCUT2D eigenvalue weighted by Crippen LogP contribution is -2.49. The second kappa shape index (κ2) is 9.96. The molecular formula is C24H26N4O4S. The number of nitrogens with one attached hydrogen (secondary N) is 1. The van der Waals surface area contributed by atoms with Gasteiger partial charge in [-0.2, -0.15) is 5.26 Å². The number of carbonyl (C=O) groups excluding carboxylic acids is 1. The Morgan fingerprint density at radius 3 is 2.55 bits per heavy atom. The quantitative estimate of drug-likeness (QED) is 0.400. The van der Waals surface area contributed by atoms with E-state index in [9.17, 15) is 14.9 Å². The standard InChI is InChI=1S/C24H26N4O4S/c1-15(2)24(3,14-25)27-21(29)13-33-23-26-18-9-7-6-8-17(18)22(30)28(23)16-10-11-19(31-4)20(12-16)32-5/h6-12,15H,13H2,1-5H3,(H,27,29)/t24-/m0/s1. The number of ether oxygens (including phenoxy) is 2. The van der Waals surface area contributed by atoms with Gasteiger partial charge >= 0.3 is 0 Å². The molecule has 8 nitrogen and oxygen atoms in total. The fourth-order valence-corrected chi connectivity index (χ4v) is 3.97. The molecule has 0 spiro atoms. The lowest BCUT2D eigenvalue weighted by Gasteiger charge is -2.27. The molecule has 0 aliphatic carbocycles. The highest BCUT2D eigenvalue weighted by Crippen LogP contribution is 2.30. The summed E-state index contributed by atoms with van der Waals surface area (Å²) < 4.78 is 12.1. The highest BCUT2D eigenvalue weighted by atomic mass is 32.2. The summed E-state index contributed by atoms with van der Waals surface area (Å²) in [4.78, 5) is 30.7. The molecule has 1 heterocycles. The molecule has 1 aromatic heterocycles. The smallest absolute Gasteiger partial charge is 0.266 e. The molecule has 0 fully saturated rings. The zero-order valence-electron chi connectivity index (χ0n) is 19.2. The van der Waals surface area contributed by atoms with Gasteiger partial charge in [-0.15, -0.1) is 0 Å². The number of methoxy groups -OCH3 is 2. The summed E-state index contributed by atoms with van der Waals surface area (Å²) in [5.74, 6) is 0.591. The summed E-state index contributed by atoms with van der Waals surface area (Å²) in [6.07, 6.45) is 0. The first kappa shape index (κ1) is 24.1. The van der Waals surface area contributed by atoms with Gasteiger partial charge in [-0.1, -0.05) is 37.7 Å². The number of aromatic nitrogens is 2. The van der Waals surface area contributed by atoms with Gasteiger partial charge in [-0.25, -0.2) is 4.98 Å². The minimum Gasteiger partial charge on any atom is -0.493 e. The lowest BCUT2D eigenvalue weighted by atomic mass is 9.90. The molecule has 0 saturated carbocycles. The normalized spacial score (nSPS) is 12.8. The number of para-hydroxylation sites is 1. The number of nitrogens with zero attached hydrogens (tertiary/aromatic N) is 3. The van der Waals surface area contributed by atoms with Crippen molar-refractivity contribution in [3.05, 3.63) is 52.8 Å². The third-order valence-corrected chi connectivity index (χ3v) is 6.43. The van der Waals surface area contributed by atoms with Gasteiger partial charge in [-0.05, 0) is 37.1 Å². The number of carbonyl (C=O) groups is 1. The molecule has 3 rings (SSSR count). The number of rotatable bonds is 8. The van der Waals surface area contributed by atoms with Crippen molar-refractivity contribution in [2.24, 2.45) is 5.92 Å². The van der Waals surface area contributed by atoms with Crippen LogP contribution in [0.1, 0.15) is 20.8 Å². The lowest BCUT2D eigenvalue weighted by molar-refractivity contribution is -0.120. The number of hydrogen-bond donors (Lipinski definition) is 1. The van der Waals surface area contributed by atoms with Crippen molar-refractivity contribution in [3.63, 3.8) is 0 Å². The predicted molar refractivity (Wildman–Crippen MR) is 128 cm³/mol. The fraction of sp³-hybridized carbons (Fsp3) is 0.333. The molecule has 9 heteroatoms. The zero-order valence-corrected chi connectivity index (χ0v) is 20.0. The van der Waals surface area contributed by atoms with Gasteiger partial charge < -0.3 is 14.8 Å². The zero-order chi connectivity index (χ0) is 24.2. The second-order valence-electron chi connectivity index (χ2n) is 7.90. The monoisotopic (exact) mass is 466 g/mol. The van der Waals surface area contributed by atoms with E-state index in [2.05, 4.69) is 16.4 Å². The van der Waals surface area contributed by atoms with Gasteiger partial charge in [-0.3, -0.25) is 14.2 Å². The van der Waals surface area contributed by atoms with Gasteiger partial charge in [0.2, 0.25) is 5.91 Å². The molecule has 0 bridgehead atoms. The van der Waals surface area contributed by atoms with Crippen LogP contribution in [0, 0.1) is 17.2 Å². The molecule has 33 heavy (non-hydrogen) atoms. The van der Waals surface area contributed by atoms with E-state index in [1.807, 2.05) is 13.8 Å². The first-order chi connectivity index (χ1) is 15.7. The molecule has 1 amide bonds. The van der Waals surface area contributed by atoms with E-state index in [0.29, 0.717) is 33.2 Å².